The molecule has 2 aromatic rings. The number of halogens is 1. The lowest BCUT2D eigenvalue weighted by Crippen LogP contribution is -2.46. The number of hydrogen-bond donors (Lipinski definition) is 1. The molecule has 0 saturated carbocycles. The van der Waals surface area contributed by atoms with Gasteiger partial charge in [0, 0.05) is 28.8 Å². The minimum absolute atomic E-state index is 0. The van der Waals surface area contributed by atoms with Gasteiger partial charge in [-0.15, -0.1) is 24.2 Å². The lowest BCUT2D eigenvalue weighted by atomic mass is 10.0. The molecule has 0 radical (unpaired) electrons. The van der Waals surface area contributed by atoms with Crippen LogP contribution in [0.5, 0.6) is 0 Å². The maximum absolute atomic E-state index is 13.0. The molecule has 3 rings (SSSR count). The van der Waals surface area contributed by atoms with E-state index in [0.29, 0.717) is 6.04 Å². The van der Waals surface area contributed by atoms with E-state index < -0.39 is 0 Å². The second-order valence-corrected chi connectivity index (χ2v) is 7.83. The molecular weight excluding hydrogens is 376 g/mol. The van der Waals surface area contributed by atoms with Gasteiger partial charge in [0.2, 0.25) is 0 Å². The Morgan fingerprint density at radius 1 is 1.07 bits per heavy atom. The highest BCUT2D eigenvalue weighted by Crippen LogP contribution is 2.23. The zero-order chi connectivity index (χ0) is 18.2. The van der Waals surface area contributed by atoms with Gasteiger partial charge in [-0.2, -0.15) is 0 Å². The number of thioether (sulfide) groups is 1. The fraction of sp³-hybridized carbons (Fsp3) is 0.409. The molecule has 146 valence electrons. The average Bonchev–Trinajstić information content (AvgIpc) is 2.72. The lowest BCUT2D eigenvalue weighted by molar-refractivity contribution is 0.0642. The second kappa shape index (κ2) is 11.4. The van der Waals surface area contributed by atoms with Crippen molar-refractivity contribution in [2.75, 3.05) is 19.6 Å². The summed E-state index contributed by atoms with van der Waals surface area (Å²) < 4.78 is 0. The average molecular weight is 405 g/mol. The van der Waals surface area contributed by atoms with Gasteiger partial charge >= 0.3 is 0 Å². The van der Waals surface area contributed by atoms with Crippen LogP contribution in [0.2, 0.25) is 0 Å². The molecule has 5 heteroatoms. The van der Waals surface area contributed by atoms with Crippen molar-refractivity contribution in [3.05, 3.63) is 65.7 Å². The summed E-state index contributed by atoms with van der Waals surface area (Å²) in [7, 11) is 0. The number of nitrogens with one attached hydrogen (secondary N) is 1. The molecular formula is C22H29ClN2OS. The number of carbonyl (C=O) groups is 1. The van der Waals surface area contributed by atoms with E-state index in [-0.39, 0.29) is 18.3 Å². The van der Waals surface area contributed by atoms with Crippen LogP contribution in [0.1, 0.15) is 42.1 Å². The molecule has 1 fully saturated rings. The van der Waals surface area contributed by atoms with Gasteiger partial charge in [0.05, 0.1) is 0 Å². The predicted octanol–water partition coefficient (Wildman–Crippen LogP) is 5.00. The number of rotatable bonds is 7. The van der Waals surface area contributed by atoms with E-state index in [4.69, 9.17) is 0 Å². The van der Waals surface area contributed by atoms with Crippen molar-refractivity contribution in [3.8, 4) is 0 Å². The van der Waals surface area contributed by atoms with Gasteiger partial charge < -0.3 is 10.2 Å². The highest BCUT2D eigenvalue weighted by Gasteiger charge is 2.25. The number of benzene rings is 2. The Morgan fingerprint density at radius 3 is 2.37 bits per heavy atom. The summed E-state index contributed by atoms with van der Waals surface area (Å²) in [6.07, 6.45) is 3.11. The van der Waals surface area contributed by atoms with E-state index in [0.717, 1.165) is 50.2 Å². The maximum atomic E-state index is 13.0. The van der Waals surface area contributed by atoms with Crippen molar-refractivity contribution in [3.63, 3.8) is 0 Å². The summed E-state index contributed by atoms with van der Waals surface area (Å²) in [6, 6.07) is 19.0. The van der Waals surface area contributed by atoms with Crippen LogP contribution in [0, 0.1) is 0 Å². The van der Waals surface area contributed by atoms with Crippen LogP contribution in [0.3, 0.4) is 0 Å². The van der Waals surface area contributed by atoms with Crippen molar-refractivity contribution in [1.29, 1.82) is 0 Å². The summed E-state index contributed by atoms with van der Waals surface area (Å²) in [4.78, 5) is 16.4. The fourth-order valence-electron chi connectivity index (χ4n) is 3.40. The molecule has 0 spiro atoms. The van der Waals surface area contributed by atoms with Crippen LogP contribution in [0.25, 0.3) is 0 Å². The van der Waals surface area contributed by atoms with Gasteiger partial charge in [-0.05, 0) is 62.2 Å². The lowest BCUT2D eigenvalue weighted by Gasteiger charge is -2.34. The largest absolute Gasteiger partial charge is 0.336 e. The Bertz CT molecular complexity index is 687. The fourth-order valence-corrected chi connectivity index (χ4v) is 4.28. The van der Waals surface area contributed by atoms with Crippen LogP contribution in [0.15, 0.2) is 59.5 Å². The molecule has 0 aliphatic carbocycles. The van der Waals surface area contributed by atoms with Crippen molar-refractivity contribution in [2.45, 2.75) is 42.9 Å². The van der Waals surface area contributed by atoms with E-state index >= 15 is 0 Å². The Kier molecular flexibility index (Phi) is 9.19. The van der Waals surface area contributed by atoms with Crippen LogP contribution < -0.4 is 5.32 Å². The molecule has 0 unspecified atom stereocenters. The minimum Gasteiger partial charge on any atom is -0.336 e. The topological polar surface area (TPSA) is 32.3 Å². The molecule has 3 nitrogen and oxygen atoms in total. The zero-order valence-corrected chi connectivity index (χ0v) is 17.5. The first-order valence-corrected chi connectivity index (χ1v) is 10.5. The molecule has 1 amide bonds. The van der Waals surface area contributed by atoms with Crippen molar-refractivity contribution in [1.82, 2.24) is 10.2 Å². The zero-order valence-electron chi connectivity index (χ0n) is 15.9. The molecule has 27 heavy (non-hydrogen) atoms. The van der Waals surface area contributed by atoms with Gasteiger partial charge in [0.1, 0.15) is 0 Å². The predicted molar refractivity (Wildman–Crippen MR) is 117 cm³/mol. The minimum atomic E-state index is 0. The highest BCUT2D eigenvalue weighted by molar-refractivity contribution is 7.98. The van der Waals surface area contributed by atoms with Gasteiger partial charge in [-0.1, -0.05) is 37.3 Å². The quantitative estimate of drug-likeness (QED) is 0.658. The normalized spacial score (nSPS) is 14.4. The molecule has 1 N–H and O–H groups in total. The third-order valence-electron chi connectivity index (χ3n) is 4.82. The van der Waals surface area contributed by atoms with Gasteiger partial charge in [-0.25, -0.2) is 0 Å². The van der Waals surface area contributed by atoms with E-state index in [9.17, 15) is 4.79 Å². The standard InChI is InChI=1S/C22H28N2OS.ClH/c1-2-16-24(20-12-14-23-15-13-20)22(25)19-10-8-18(9-11-19)17-26-21-6-4-3-5-7-21;/h3-11,20,23H,2,12-17H2,1H3;1H. The van der Waals surface area contributed by atoms with Gasteiger partial charge in [0.15, 0.2) is 0 Å². The van der Waals surface area contributed by atoms with Gasteiger partial charge in [0.25, 0.3) is 5.91 Å². The maximum Gasteiger partial charge on any atom is 0.254 e. The smallest absolute Gasteiger partial charge is 0.254 e. The Balaban J connectivity index is 0.00000261. The van der Waals surface area contributed by atoms with E-state index in [2.05, 4.69) is 53.5 Å². The van der Waals surface area contributed by atoms with Gasteiger partial charge in [-0.3, -0.25) is 4.79 Å². The molecule has 1 aliphatic rings. The van der Waals surface area contributed by atoms with Crippen LogP contribution in [-0.2, 0) is 5.75 Å². The monoisotopic (exact) mass is 404 g/mol. The summed E-state index contributed by atoms with van der Waals surface area (Å²) in [5, 5.41) is 3.39. The molecule has 0 atom stereocenters. The van der Waals surface area contributed by atoms with E-state index in [1.54, 1.807) is 0 Å². The van der Waals surface area contributed by atoms with E-state index in [1.165, 1.54) is 10.5 Å². The first kappa shape index (κ1) is 21.8. The summed E-state index contributed by atoms with van der Waals surface area (Å²) >= 11 is 1.82. The van der Waals surface area contributed by atoms with Crippen molar-refractivity contribution < 1.29 is 4.79 Å². The van der Waals surface area contributed by atoms with Crippen LogP contribution >= 0.6 is 24.2 Å². The summed E-state index contributed by atoms with van der Waals surface area (Å²) in [5.41, 5.74) is 2.06. The second-order valence-electron chi connectivity index (χ2n) is 6.78. The van der Waals surface area contributed by atoms with Crippen molar-refractivity contribution in [2.24, 2.45) is 0 Å². The number of piperidine rings is 1. The third-order valence-corrected chi connectivity index (χ3v) is 5.91. The highest BCUT2D eigenvalue weighted by atomic mass is 35.5. The summed E-state index contributed by atoms with van der Waals surface area (Å²) in [6.45, 7) is 5.00. The molecule has 1 heterocycles. The SMILES string of the molecule is CCCN(C(=O)c1ccc(CSc2ccccc2)cc1)C1CCNCC1.Cl. The Labute approximate surface area is 173 Å². The molecule has 0 bridgehead atoms. The van der Waals surface area contributed by atoms with Crippen LogP contribution in [0.4, 0.5) is 0 Å². The molecule has 1 aliphatic heterocycles. The number of amides is 1. The number of carbonyl (C=O) groups excluding carboxylic acids is 1. The third kappa shape index (κ3) is 6.27. The first-order chi connectivity index (χ1) is 12.8. The van der Waals surface area contributed by atoms with Crippen LogP contribution in [-0.4, -0.2) is 36.5 Å². The number of nitrogens with zero attached hydrogens (tertiary/aromatic N) is 1. The Morgan fingerprint density at radius 2 is 1.74 bits per heavy atom. The van der Waals surface area contributed by atoms with Crippen molar-refractivity contribution >= 4 is 30.1 Å². The summed E-state index contributed by atoms with van der Waals surface area (Å²) in [5.74, 6) is 1.10. The van der Waals surface area contributed by atoms with E-state index in [1.807, 2.05) is 30.0 Å². The number of hydrogen-bond acceptors (Lipinski definition) is 3. The molecule has 2 aromatic carbocycles. The first-order valence-electron chi connectivity index (χ1n) is 9.56. The molecule has 1 saturated heterocycles. The molecule has 0 aromatic heterocycles. The Hall–Kier alpha value is -1.49.